The summed E-state index contributed by atoms with van der Waals surface area (Å²) < 4.78 is 0. The van der Waals surface area contributed by atoms with Gasteiger partial charge in [0, 0.05) is 0 Å². The molecule has 0 radical (unpaired) electrons. The maximum Gasteiger partial charge on any atom is 0.238 e. The van der Waals surface area contributed by atoms with E-state index in [2.05, 4.69) is 16.7 Å². The SMILES string of the molecule is N#Cc1ccccc1NC(=O)CNC(c1ccccc1)c1ccccc1. The van der Waals surface area contributed by atoms with Crippen LogP contribution in [0.5, 0.6) is 0 Å². The molecular weight excluding hydrogens is 322 g/mol. The first kappa shape index (κ1) is 17.4. The number of hydrogen-bond donors (Lipinski definition) is 2. The molecule has 0 heterocycles. The van der Waals surface area contributed by atoms with Crippen molar-refractivity contribution in [3.05, 3.63) is 102 Å². The van der Waals surface area contributed by atoms with Crippen LogP contribution in [-0.4, -0.2) is 12.5 Å². The summed E-state index contributed by atoms with van der Waals surface area (Å²) in [5.41, 5.74) is 3.15. The number of nitriles is 1. The van der Waals surface area contributed by atoms with Gasteiger partial charge < -0.3 is 5.32 Å². The molecule has 0 bridgehead atoms. The molecule has 0 saturated heterocycles. The summed E-state index contributed by atoms with van der Waals surface area (Å²) in [6, 6.07) is 29.0. The van der Waals surface area contributed by atoms with Gasteiger partial charge in [-0.1, -0.05) is 72.8 Å². The molecule has 4 nitrogen and oxygen atoms in total. The van der Waals surface area contributed by atoms with Crippen LogP contribution in [0.3, 0.4) is 0 Å². The third-order valence-electron chi connectivity index (χ3n) is 4.05. The highest BCUT2D eigenvalue weighted by atomic mass is 16.1. The normalized spacial score (nSPS) is 10.3. The summed E-state index contributed by atoms with van der Waals surface area (Å²) in [7, 11) is 0. The first-order valence-electron chi connectivity index (χ1n) is 8.40. The third-order valence-corrected chi connectivity index (χ3v) is 4.05. The Morgan fingerprint density at radius 1 is 0.846 bits per heavy atom. The molecule has 0 aromatic heterocycles. The highest BCUT2D eigenvalue weighted by Gasteiger charge is 2.15. The van der Waals surface area contributed by atoms with Gasteiger partial charge >= 0.3 is 0 Å². The Hall–Kier alpha value is -3.42. The molecule has 128 valence electrons. The number of benzene rings is 3. The van der Waals surface area contributed by atoms with Crippen LogP contribution in [0.1, 0.15) is 22.7 Å². The summed E-state index contributed by atoms with van der Waals surface area (Å²) >= 11 is 0. The zero-order chi connectivity index (χ0) is 18.2. The number of amides is 1. The first-order valence-corrected chi connectivity index (χ1v) is 8.40. The molecule has 1 amide bonds. The van der Waals surface area contributed by atoms with Gasteiger partial charge in [-0.3, -0.25) is 10.1 Å². The van der Waals surface area contributed by atoms with Crippen molar-refractivity contribution >= 4 is 11.6 Å². The van der Waals surface area contributed by atoms with Gasteiger partial charge in [0.1, 0.15) is 6.07 Å². The molecule has 2 N–H and O–H groups in total. The van der Waals surface area contributed by atoms with Crippen LogP contribution in [0.2, 0.25) is 0 Å². The van der Waals surface area contributed by atoms with Crippen LogP contribution in [0.25, 0.3) is 0 Å². The van der Waals surface area contributed by atoms with E-state index in [0.717, 1.165) is 11.1 Å². The van der Waals surface area contributed by atoms with Gasteiger partial charge in [0.2, 0.25) is 5.91 Å². The Morgan fingerprint density at radius 3 is 1.96 bits per heavy atom. The largest absolute Gasteiger partial charge is 0.324 e. The van der Waals surface area contributed by atoms with E-state index >= 15 is 0 Å². The number of nitrogens with one attached hydrogen (secondary N) is 2. The Kier molecular flexibility index (Phi) is 5.76. The van der Waals surface area contributed by atoms with E-state index in [9.17, 15) is 4.79 Å². The van der Waals surface area contributed by atoms with Crippen molar-refractivity contribution in [3.63, 3.8) is 0 Å². The fourth-order valence-electron chi connectivity index (χ4n) is 2.80. The summed E-state index contributed by atoms with van der Waals surface area (Å²) in [6.45, 7) is 0.133. The summed E-state index contributed by atoms with van der Waals surface area (Å²) in [4.78, 5) is 12.4. The van der Waals surface area contributed by atoms with Crippen LogP contribution in [0.4, 0.5) is 5.69 Å². The van der Waals surface area contributed by atoms with Gasteiger partial charge in [0.05, 0.1) is 23.8 Å². The monoisotopic (exact) mass is 341 g/mol. The summed E-state index contributed by atoms with van der Waals surface area (Å²) in [5, 5.41) is 15.2. The van der Waals surface area contributed by atoms with Crippen LogP contribution in [0, 0.1) is 11.3 Å². The van der Waals surface area contributed by atoms with E-state index in [1.165, 1.54) is 0 Å². The van der Waals surface area contributed by atoms with Gasteiger partial charge in [-0.25, -0.2) is 0 Å². The summed E-state index contributed by atoms with van der Waals surface area (Å²) in [5.74, 6) is -0.190. The van der Waals surface area contributed by atoms with Crippen molar-refractivity contribution in [2.75, 3.05) is 11.9 Å². The average Bonchev–Trinajstić information content (AvgIpc) is 2.70. The lowest BCUT2D eigenvalue weighted by Crippen LogP contribution is -2.32. The number of para-hydroxylation sites is 1. The molecule has 0 aliphatic heterocycles. The zero-order valence-corrected chi connectivity index (χ0v) is 14.2. The lowest BCUT2D eigenvalue weighted by molar-refractivity contribution is -0.115. The predicted molar refractivity (Wildman–Crippen MR) is 103 cm³/mol. The number of nitrogens with zero attached hydrogens (tertiary/aromatic N) is 1. The van der Waals surface area contributed by atoms with Gasteiger partial charge in [-0.05, 0) is 23.3 Å². The maximum atomic E-state index is 12.4. The predicted octanol–water partition coefficient (Wildman–Crippen LogP) is 3.88. The van der Waals surface area contributed by atoms with Crippen molar-refractivity contribution in [3.8, 4) is 6.07 Å². The Bertz CT molecular complexity index is 862. The van der Waals surface area contributed by atoms with Crippen LogP contribution < -0.4 is 10.6 Å². The Morgan fingerprint density at radius 2 is 1.38 bits per heavy atom. The van der Waals surface area contributed by atoms with Crippen molar-refractivity contribution < 1.29 is 4.79 Å². The molecule has 3 aromatic carbocycles. The van der Waals surface area contributed by atoms with E-state index in [1.807, 2.05) is 60.7 Å². The molecule has 26 heavy (non-hydrogen) atoms. The molecule has 0 atom stereocenters. The fourth-order valence-corrected chi connectivity index (χ4v) is 2.80. The maximum absolute atomic E-state index is 12.4. The standard InChI is InChI=1S/C22H19N3O/c23-15-19-13-7-8-14-20(19)25-21(26)16-24-22(17-9-3-1-4-10-17)18-11-5-2-6-12-18/h1-14,22,24H,16H2,(H,25,26). The van der Waals surface area contributed by atoms with Gasteiger partial charge in [-0.15, -0.1) is 0 Å². The molecule has 0 unspecified atom stereocenters. The van der Waals surface area contributed by atoms with E-state index < -0.39 is 0 Å². The molecule has 0 fully saturated rings. The van der Waals surface area contributed by atoms with Gasteiger partial charge in [0.15, 0.2) is 0 Å². The second kappa shape index (κ2) is 8.61. The van der Waals surface area contributed by atoms with Crippen molar-refractivity contribution in [1.29, 1.82) is 5.26 Å². The molecule has 3 rings (SSSR count). The lowest BCUT2D eigenvalue weighted by atomic mass is 9.99. The minimum absolute atomic E-state index is 0.0886. The molecule has 0 saturated carbocycles. The van der Waals surface area contributed by atoms with Gasteiger partial charge in [-0.2, -0.15) is 5.26 Å². The van der Waals surface area contributed by atoms with E-state index in [0.29, 0.717) is 11.3 Å². The lowest BCUT2D eigenvalue weighted by Gasteiger charge is -2.20. The minimum Gasteiger partial charge on any atom is -0.324 e. The highest BCUT2D eigenvalue weighted by molar-refractivity contribution is 5.93. The highest BCUT2D eigenvalue weighted by Crippen LogP contribution is 2.21. The quantitative estimate of drug-likeness (QED) is 0.715. The molecule has 4 heteroatoms. The molecule has 0 spiro atoms. The smallest absolute Gasteiger partial charge is 0.238 e. The summed E-state index contributed by atoms with van der Waals surface area (Å²) in [6.07, 6.45) is 0. The molecule has 0 aliphatic carbocycles. The van der Waals surface area contributed by atoms with E-state index in [1.54, 1.807) is 24.3 Å². The van der Waals surface area contributed by atoms with Crippen LogP contribution >= 0.6 is 0 Å². The first-order chi connectivity index (χ1) is 12.8. The van der Waals surface area contributed by atoms with Crippen LogP contribution in [-0.2, 0) is 4.79 Å². The second-order valence-electron chi connectivity index (χ2n) is 5.84. The number of hydrogen-bond acceptors (Lipinski definition) is 3. The zero-order valence-electron chi connectivity index (χ0n) is 14.2. The molecule has 3 aromatic rings. The Labute approximate surface area is 153 Å². The number of carbonyl (C=O) groups excluding carboxylic acids is 1. The van der Waals surface area contributed by atoms with E-state index in [-0.39, 0.29) is 18.5 Å². The topological polar surface area (TPSA) is 64.9 Å². The molecule has 0 aliphatic rings. The minimum atomic E-state index is -0.190. The second-order valence-corrected chi connectivity index (χ2v) is 5.84. The molecular formula is C22H19N3O. The van der Waals surface area contributed by atoms with Crippen molar-refractivity contribution in [2.24, 2.45) is 0 Å². The number of carbonyl (C=O) groups is 1. The third kappa shape index (κ3) is 4.35. The van der Waals surface area contributed by atoms with Crippen molar-refractivity contribution in [2.45, 2.75) is 6.04 Å². The average molecular weight is 341 g/mol. The van der Waals surface area contributed by atoms with E-state index in [4.69, 9.17) is 5.26 Å². The van der Waals surface area contributed by atoms with Crippen molar-refractivity contribution in [1.82, 2.24) is 5.32 Å². The fraction of sp³-hybridized carbons (Fsp3) is 0.0909. The number of anilines is 1. The van der Waals surface area contributed by atoms with Crippen LogP contribution in [0.15, 0.2) is 84.9 Å². The van der Waals surface area contributed by atoms with Gasteiger partial charge in [0.25, 0.3) is 0 Å². The number of rotatable bonds is 6. The Balaban J connectivity index is 1.72.